The molecule has 0 unspecified atom stereocenters. The summed E-state index contributed by atoms with van der Waals surface area (Å²) in [4.78, 5) is 25.6. The summed E-state index contributed by atoms with van der Waals surface area (Å²) < 4.78 is 13.0. The standard InChI is InChI=1S/C36H38Cl2N8O4/c1-36(48)14-23(15-36)41-18-29-44-34-28(49-2)13-21(19-46(34)45-29)33-32(38)25(11-12-40-33)24-5-4-6-26(31(24)37)27-9-7-20(35(43-27)50-3)16-39-17-22-8-10-30(47)42-22/h4-7,9,11-13,19,22-23,39,41,48H,8,10,14-18H2,1-3H3,(H,42,47)/t22-,23-,36-/m0/s1. The molecule has 12 nitrogen and oxygen atoms in total. The third-order valence-electron chi connectivity index (χ3n) is 9.24. The Kier molecular flexibility index (Phi) is 9.64. The zero-order valence-corrected chi connectivity index (χ0v) is 29.5. The lowest BCUT2D eigenvalue weighted by Crippen LogP contribution is -2.51. The van der Waals surface area contributed by atoms with Crippen LogP contribution in [0.25, 0.3) is 39.3 Å². The van der Waals surface area contributed by atoms with E-state index in [0.717, 1.165) is 23.1 Å². The van der Waals surface area contributed by atoms with Crippen molar-refractivity contribution in [2.75, 3.05) is 20.8 Å². The number of carbonyl (C=O) groups is 1. The highest BCUT2D eigenvalue weighted by atomic mass is 35.5. The Morgan fingerprint density at radius 1 is 1.04 bits per heavy atom. The van der Waals surface area contributed by atoms with E-state index in [1.165, 1.54) is 0 Å². The minimum atomic E-state index is -0.611. The van der Waals surface area contributed by atoms with Crippen molar-refractivity contribution in [3.8, 4) is 45.3 Å². The topological polar surface area (TPSA) is 148 Å². The monoisotopic (exact) mass is 716 g/mol. The molecule has 14 heteroatoms. The fourth-order valence-corrected chi connectivity index (χ4v) is 7.32. The molecule has 260 valence electrons. The van der Waals surface area contributed by atoms with E-state index >= 15 is 0 Å². The van der Waals surface area contributed by atoms with Gasteiger partial charge in [0.1, 0.15) is 0 Å². The first-order valence-electron chi connectivity index (χ1n) is 16.5. The number of carbonyl (C=O) groups excluding carboxylic acids is 1. The van der Waals surface area contributed by atoms with Gasteiger partial charge in [-0.1, -0.05) is 47.5 Å². The Balaban J connectivity index is 1.14. The number of halogens is 2. The molecule has 0 spiro atoms. The Morgan fingerprint density at radius 2 is 1.84 bits per heavy atom. The molecule has 7 rings (SSSR count). The third kappa shape index (κ3) is 6.99. The van der Waals surface area contributed by atoms with Gasteiger partial charge in [0.15, 0.2) is 17.2 Å². The maximum absolute atomic E-state index is 11.5. The van der Waals surface area contributed by atoms with Gasteiger partial charge in [0.05, 0.1) is 47.8 Å². The Morgan fingerprint density at radius 3 is 2.58 bits per heavy atom. The first kappa shape index (κ1) is 34.1. The van der Waals surface area contributed by atoms with E-state index < -0.39 is 5.60 Å². The number of nitrogens with one attached hydrogen (secondary N) is 3. The number of amides is 1. The lowest BCUT2D eigenvalue weighted by atomic mass is 9.77. The SMILES string of the molecule is COc1nc(-c2cccc(-c3ccnc(-c4cc(OC)c5nc(CN[C@H]6C[C@](C)(O)C6)nn5c4)c3Cl)c2Cl)ccc1CNC[C@@H]1CCC(=O)N1. The van der Waals surface area contributed by atoms with Crippen LogP contribution in [-0.2, 0) is 17.9 Å². The molecule has 50 heavy (non-hydrogen) atoms. The molecule has 4 aromatic heterocycles. The van der Waals surface area contributed by atoms with Crippen molar-refractivity contribution in [2.45, 2.75) is 63.4 Å². The molecule has 2 aliphatic rings. The summed E-state index contributed by atoms with van der Waals surface area (Å²) in [6.07, 6.45) is 6.31. The molecule has 2 fully saturated rings. The highest BCUT2D eigenvalue weighted by Gasteiger charge is 2.38. The van der Waals surface area contributed by atoms with E-state index in [1.54, 1.807) is 24.9 Å². The molecule has 1 aromatic carbocycles. The van der Waals surface area contributed by atoms with E-state index in [2.05, 4.69) is 31.0 Å². The summed E-state index contributed by atoms with van der Waals surface area (Å²) in [5, 5.41) is 25.4. The van der Waals surface area contributed by atoms with Crippen molar-refractivity contribution < 1.29 is 19.4 Å². The molecule has 1 aliphatic carbocycles. The van der Waals surface area contributed by atoms with Crippen LogP contribution in [0.1, 0.15) is 44.0 Å². The molecular formula is C36H38Cl2N8O4. The summed E-state index contributed by atoms with van der Waals surface area (Å²) in [7, 11) is 3.18. The van der Waals surface area contributed by atoms with Crippen molar-refractivity contribution in [1.29, 1.82) is 0 Å². The van der Waals surface area contributed by atoms with Crippen molar-refractivity contribution in [1.82, 2.24) is 40.5 Å². The van der Waals surface area contributed by atoms with Gasteiger partial charge in [-0.3, -0.25) is 9.78 Å². The van der Waals surface area contributed by atoms with Crippen molar-refractivity contribution in [3.05, 3.63) is 76.3 Å². The molecular weight excluding hydrogens is 679 g/mol. The predicted molar refractivity (Wildman–Crippen MR) is 191 cm³/mol. The predicted octanol–water partition coefficient (Wildman–Crippen LogP) is 5.22. The quantitative estimate of drug-likeness (QED) is 0.136. The van der Waals surface area contributed by atoms with Crippen LogP contribution in [0.3, 0.4) is 0 Å². The van der Waals surface area contributed by atoms with E-state index in [0.29, 0.717) is 94.6 Å². The number of aromatic nitrogens is 5. The van der Waals surface area contributed by atoms with Gasteiger partial charge in [0.2, 0.25) is 11.8 Å². The van der Waals surface area contributed by atoms with Gasteiger partial charge in [-0.15, -0.1) is 5.10 Å². The maximum Gasteiger partial charge on any atom is 0.220 e. The van der Waals surface area contributed by atoms with E-state index in [4.69, 9.17) is 37.7 Å². The molecule has 1 aliphatic heterocycles. The number of aliphatic hydroxyl groups is 1. The first-order chi connectivity index (χ1) is 24.1. The second-order valence-corrected chi connectivity index (χ2v) is 13.8. The van der Waals surface area contributed by atoms with Crippen molar-refractivity contribution in [2.24, 2.45) is 0 Å². The average molecular weight is 718 g/mol. The van der Waals surface area contributed by atoms with Crippen LogP contribution >= 0.6 is 23.2 Å². The molecule has 5 aromatic rings. The number of benzene rings is 1. The first-order valence-corrected chi connectivity index (χ1v) is 17.2. The second-order valence-electron chi connectivity index (χ2n) is 13.1. The summed E-state index contributed by atoms with van der Waals surface area (Å²) >= 11 is 14.2. The van der Waals surface area contributed by atoms with Crippen LogP contribution in [0.5, 0.6) is 11.6 Å². The average Bonchev–Trinajstić information content (AvgIpc) is 3.71. The van der Waals surface area contributed by atoms with Gasteiger partial charge in [-0.05, 0) is 44.4 Å². The van der Waals surface area contributed by atoms with E-state index in [9.17, 15) is 9.90 Å². The number of hydrogen-bond donors (Lipinski definition) is 4. The van der Waals surface area contributed by atoms with Gasteiger partial charge in [0.25, 0.3) is 0 Å². The van der Waals surface area contributed by atoms with Crippen LogP contribution in [0, 0.1) is 0 Å². The van der Waals surface area contributed by atoms with Crippen LogP contribution in [0.4, 0.5) is 0 Å². The minimum Gasteiger partial charge on any atom is -0.493 e. The zero-order valence-electron chi connectivity index (χ0n) is 28.0. The van der Waals surface area contributed by atoms with Gasteiger partial charge < -0.3 is 30.5 Å². The van der Waals surface area contributed by atoms with Crippen LogP contribution in [0.2, 0.25) is 10.0 Å². The molecule has 1 atom stereocenters. The fraction of sp³-hybridized carbons (Fsp3) is 0.361. The van der Waals surface area contributed by atoms with Crippen molar-refractivity contribution in [3.63, 3.8) is 0 Å². The maximum atomic E-state index is 11.5. The zero-order chi connectivity index (χ0) is 35.0. The lowest BCUT2D eigenvalue weighted by molar-refractivity contribution is -0.119. The van der Waals surface area contributed by atoms with Crippen LogP contribution in [0.15, 0.2) is 54.9 Å². The van der Waals surface area contributed by atoms with Gasteiger partial charge >= 0.3 is 0 Å². The van der Waals surface area contributed by atoms with Crippen molar-refractivity contribution >= 4 is 34.8 Å². The number of ether oxygens (including phenoxy) is 2. The largest absolute Gasteiger partial charge is 0.493 e. The lowest BCUT2D eigenvalue weighted by Gasteiger charge is -2.41. The second kappa shape index (κ2) is 14.1. The van der Waals surface area contributed by atoms with Gasteiger partial charge in [-0.25, -0.2) is 14.5 Å². The summed E-state index contributed by atoms with van der Waals surface area (Å²) in [6, 6.07) is 13.7. The number of pyridine rings is 3. The number of nitrogens with zero attached hydrogens (tertiary/aromatic N) is 5. The molecule has 0 bridgehead atoms. The van der Waals surface area contributed by atoms with Gasteiger partial charge in [0, 0.05) is 71.8 Å². The fourth-order valence-electron chi connectivity index (χ4n) is 6.67. The number of methoxy groups -OCH3 is 2. The van der Waals surface area contributed by atoms with Crippen LogP contribution < -0.4 is 25.4 Å². The molecule has 0 radical (unpaired) electrons. The Labute approximate surface area is 299 Å². The normalized spacial score (nSPS) is 20.2. The minimum absolute atomic E-state index is 0.0942. The summed E-state index contributed by atoms with van der Waals surface area (Å²) in [5.41, 5.74) is 4.89. The van der Waals surface area contributed by atoms with E-state index in [1.807, 2.05) is 55.6 Å². The van der Waals surface area contributed by atoms with Gasteiger partial charge in [-0.2, -0.15) is 0 Å². The number of rotatable bonds is 12. The number of hydrogen-bond acceptors (Lipinski definition) is 10. The smallest absolute Gasteiger partial charge is 0.220 e. The van der Waals surface area contributed by atoms with Crippen LogP contribution in [-0.4, -0.2) is 74.0 Å². The highest BCUT2D eigenvalue weighted by molar-refractivity contribution is 6.39. The Bertz CT molecular complexity index is 2060. The summed E-state index contributed by atoms with van der Waals surface area (Å²) in [5.74, 6) is 1.72. The summed E-state index contributed by atoms with van der Waals surface area (Å²) in [6.45, 7) is 3.52. The molecule has 5 heterocycles. The molecule has 1 amide bonds. The Hall–Kier alpha value is -4.33. The molecule has 1 saturated heterocycles. The number of fused-ring (bicyclic) bond motifs is 1. The third-order valence-corrected chi connectivity index (χ3v) is 10.0. The molecule has 4 N–H and O–H groups in total. The molecule has 1 saturated carbocycles. The highest BCUT2D eigenvalue weighted by Crippen LogP contribution is 2.42. The van der Waals surface area contributed by atoms with E-state index in [-0.39, 0.29) is 18.0 Å².